The van der Waals surface area contributed by atoms with Gasteiger partial charge in [0.15, 0.2) is 0 Å². The van der Waals surface area contributed by atoms with Gasteiger partial charge in [-0.1, -0.05) is 24.3 Å². The molecule has 0 unspecified atom stereocenters. The zero-order valence-corrected chi connectivity index (χ0v) is 16.7. The Hall–Kier alpha value is -3.67. The Balaban J connectivity index is 1.55. The number of rotatable bonds is 4. The minimum Gasteiger partial charge on any atom is -0.493 e. The number of imide groups is 1. The highest BCUT2D eigenvalue weighted by Gasteiger charge is 2.32. The highest BCUT2D eigenvalue weighted by atomic mass is 16.5. The van der Waals surface area contributed by atoms with Gasteiger partial charge in [-0.3, -0.25) is 9.59 Å². The monoisotopic (exact) mass is 400 g/mol. The van der Waals surface area contributed by atoms with E-state index in [4.69, 9.17) is 9.47 Å². The molecule has 0 spiro atoms. The van der Waals surface area contributed by atoms with Crippen LogP contribution in [0.4, 0.5) is 0 Å². The fourth-order valence-electron chi connectivity index (χ4n) is 4.08. The third-order valence-corrected chi connectivity index (χ3v) is 5.39. The Kier molecular flexibility index (Phi) is 4.28. The Labute approximate surface area is 173 Å². The molecule has 5 rings (SSSR count). The summed E-state index contributed by atoms with van der Waals surface area (Å²) in [6.07, 6.45) is 2.40. The lowest BCUT2D eigenvalue weighted by Crippen LogP contribution is -2.36. The summed E-state index contributed by atoms with van der Waals surface area (Å²) in [5, 5.41) is 6.72. The average molecular weight is 400 g/mol. The lowest BCUT2D eigenvalue weighted by atomic mass is 9.95. The molecule has 0 aromatic heterocycles. The van der Waals surface area contributed by atoms with Crippen LogP contribution >= 0.6 is 0 Å². The van der Waals surface area contributed by atoms with Crippen molar-refractivity contribution in [2.24, 2.45) is 5.10 Å². The third-order valence-electron chi connectivity index (χ3n) is 5.39. The summed E-state index contributed by atoms with van der Waals surface area (Å²) in [6.45, 7) is 4.41. The van der Waals surface area contributed by atoms with Crippen molar-refractivity contribution >= 4 is 28.8 Å². The van der Waals surface area contributed by atoms with Crippen molar-refractivity contribution in [2.45, 2.75) is 26.4 Å². The summed E-state index contributed by atoms with van der Waals surface area (Å²) in [5.74, 6) is 0.546. The van der Waals surface area contributed by atoms with Gasteiger partial charge in [-0.05, 0) is 43.5 Å². The zero-order valence-electron chi connectivity index (χ0n) is 16.7. The molecule has 0 fully saturated rings. The molecule has 6 heteroatoms. The van der Waals surface area contributed by atoms with E-state index in [-0.39, 0.29) is 6.10 Å². The first kappa shape index (κ1) is 18.4. The molecule has 0 bridgehead atoms. The van der Waals surface area contributed by atoms with E-state index >= 15 is 0 Å². The standard InChI is InChI=1S/C24H20N2O4/c1-3-29-20-11-16-10-14(2)30-21(16)12-17(20)13-25-26-23(27)18-8-4-6-15-7-5-9-19(22(15)18)24(26)28/h4-9,11-14H,3,10H2,1-2H3/b25-13-/t14-/m0/s1. The SMILES string of the molecule is CCOc1cc2c(cc1/C=N\N1C(=O)c3cccc4cccc(c34)C1=O)O[C@@H](C)C2. The Morgan fingerprint density at radius 3 is 2.50 bits per heavy atom. The number of hydrogen-bond acceptors (Lipinski definition) is 5. The molecule has 2 aliphatic rings. The second kappa shape index (κ2) is 6.99. The minimum atomic E-state index is -0.440. The normalized spacial score (nSPS) is 17.5. The fourth-order valence-corrected chi connectivity index (χ4v) is 4.08. The zero-order chi connectivity index (χ0) is 20.8. The molecular weight excluding hydrogens is 380 g/mol. The lowest BCUT2D eigenvalue weighted by Gasteiger charge is -2.23. The largest absolute Gasteiger partial charge is 0.493 e. The topological polar surface area (TPSA) is 68.2 Å². The quantitative estimate of drug-likeness (QED) is 0.486. The van der Waals surface area contributed by atoms with Crippen LogP contribution in [0.15, 0.2) is 53.6 Å². The summed E-state index contributed by atoms with van der Waals surface area (Å²) in [4.78, 5) is 26.0. The van der Waals surface area contributed by atoms with Crippen molar-refractivity contribution in [2.75, 3.05) is 6.61 Å². The maximum Gasteiger partial charge on any atom is 0.282 e. The van der Waals surface area contributed by atoms with Gasteiger partial charge in [0.25, 0.3) is 11.8 Å². The molecule has 2 aliphatic heterocycles. The maximum atomic E-state index is 13.0. The van der Waals surface area contributed by atoms with E-state index in [1.165, 1.54) is 6.21 Å². The van der Waals surface area contributed by atoms with Gasteiger partial charge in [0, 0.05) is 22.9 Å². The van der Waals surface area contributed by atoms with E-state index in [2.05, 4.69) is 5.10 Å². The Bertz CT molecular complexity index is 1180. The van der Waals surface area contributed by atoms with Crippen molar-refractivity contribution in [3.63, 3.8) is 0 Å². The molecule has 0 saturated carbocycles. The first-order valence-electron chi connectivity index (χ1n) is 9.97. The number of ether oxygens (including phenoxy) is 2. The summed E-state index contributed by atoms with van der Waals surface area (Å²) < 4.78 is 11.6. The number of benzene rings is 3. The van der Waals surface area contributed by atoms with E-state index in [1.54, 1.807) is 12.1 Å². The van der Waals surface area contributed by atoms with Crippen LogP contribution < -0.4 is 9.47 Å². The first-order chi connectivity index (χ1) is 14.6. The third kappa shape index (κ3) is 2.84. The van der Waals surface area contributed by atoms with Gasteiger partial charge in [0.2, 0.25) is 0 Å². The smallest absolute Gasteiger partial charge is 0.282 e. The predicted octanol–water partition coefficient (Wildman–Crippen LogP) is 4.19. The second-order valence-electron chi connectivity index (χ2n) is 7.44. The van der Waals surface area contributed by atoms with Crippen LogP contribution in [-0.4, -0.2) is 35.7 Å². The Morgan fingerprint density at radius 2 is 1.83 bits per heavy atom. The minimum absolute atomic E-state index is 0.101. The van der Waals surface area contributed by atoms with E-state index in [1.807, 2.05) is 50.2 Å². The Morgan fingerprint density at radius 1 is 1.13 bits per heavy atom. The van der Waals surface area contributed by atoms with Gasteiger partial charge >= 0.3 is 0 Å². The van der Waals surface area contributed by atoms with Gasteiger partial charge in [-0.25, -0.2) is 0 Å². The molecule has 0 radical (unpaired) electrons. The number of carbonyl (C=O) groups is 2. The van der Waals surface area contributed by atoms with Gasteiger partial charge in [0.05, 0.1) is 23.9 Å². The number of fused-ring (bicyclic) bond motifs is 1. The molecule has 2 heterocycles. The lowest BCUT2D eigenvalue weighted by molar-refractivity contribution is 0.0616. The van der Waals surface area contributed by atoms with Gasteiger partial charge < -0.3 is 9.47 Å². The van der Waals surface area contributed by atoms with Gasteiger partial charge in [-0.15, -0.1) is 0 Å². The molecule has 30 heavy (non-hydrogen) atoms. The van der Waals surface area contributed by atoms with Crippen molar-refractivity contribution in [3.8, 4) is 11.5 Å². The van der Waals surface area contributed by atoms with Gasteiger partial charge in [0.1, 0.15) is 17.6 Å². The number of hydrazone groups is 1. The number of amides is 2. The van der Waals surface area contributed by atoms with Crippen LogP contribution in [0.1, 0.15) is 45.7 Å². The molecular formula is C24H20N2O4. The van der Waals surface area contributed by atoms with E-state index in [0.717, 1.165) is 28.1 Å². The van der Waals surface area contributed by atoms with Crippen molar-refractivity contribution in [1.82, 2.24) is 5.01 Å². The van der Waals surface area contributed by atoms with Crippen molar-refractivity contribution in [1.29, 1.82) is 0 Å². The molecule has 3 aromatic rings. The summed E-state index contributed by atoms with van der Waals surface area (Å²) >= 11 is 0. The molecule has 6 nitrogen and oxygen atoms in total. The van der Waals surface area contributed by atoms with Crippen molar-refractivity contribution in [3.05, 3.63) is 70.8 Å². The average Bonchev–Trinajstić information content (AvgIpc) is 3.10. The van der Waals surface area contributed by atoms with Crippen LogP contribution in [-0.2, 0) is 6.42 Å². The molecule has 150 valence electrons. The fraction of sp³-hybridized carbons (Fsp3) is 0.208. The van der Waals surface area contributed by atoms with E-state index < -0.39 is 11.8 Å². The first-order valence-corrected chi connectivity index (χ1v) is 9.97. The maximum absolute atomic E-state index is 13.0. The van der Waals surface area contributed by atoms with Crippen molar-refractivity contribution < 1.29 is 19.1 Å². The van der Waals surface area contributed by atoms with E-state index in [0.29, 0.717) is 34.4 Å². The van der Waals surface area contributed by atoms with Crippen LogP contribution in [0.3, 0.4) is 0 Å². The van der Waals surface area contributed by atoms with Crippen LogP contribution in [0.25, 0.3) is 10.8 Å². The summed E-state index contributed by atoms with van der Waals surface area (Å²) in [5.41, 5.74) is 2.67. The van der Waals surface area contributed by atoms with Crippen LogP contribution in [0.5, 0.6) is 11.5 Å². The molecule has 1 atom stereocenters. The predicted molar refractivity (Wildman–Crippen MR) is 113 cm³/mol. The van der Waals surface area contributed by atoms with E-state index in [9.17, 15) is 9.59 Å². The number of nitrogens with zero attached hydrogens (tertiary/aromatic N) is 2. The highest BCUT2D eigenvalue weighted by molar-refractivity contribution is 6.25. The highest BCUT2D eigenvalue weighted by Crippen LogP contribution is 2.35. The summed E-state index contributed by atoms with van der Waals surface area (Å²) in [7, 11) is 0. The number of hydrogen-bond donors (Lipinski definition) is 0. The second-order valence-corrected chi connectivity index (χ2v) is 7.44. The van der Waals surface area contributed by atoms with Gasteiger partial charge in [-0.2, -0.15) is 10.1 Å². The van der Waals surface area contributed by atoms with Crippen LogP contribution in [0.2, 0.25) is 0 Å². The van der Waals surface area contributed by atoms with Crippen LogP contribution in [0, 0.1) is 0 Å². The molecule has 0 aliphatic carbocycles. The molecule has 0 N–H and O–H groups in total. The molecule has 2 amide bonds. The number of carbonyl (C=O) groups excluding carboxylic acids is 2. The molecule has 3 aromatic carbocycles. The summed E-state index contributed by atoms with van der Waals surface area (Å²) in [6, 6.07) is 14.6. The molecule has 0 saturated heterocycles.